The van der Waals surface area contributed by atoms with Crippen LogP contribution in [0, 0.1) is 22.5 Å². The average molecular weight is 737 g/mol. The number of hydrogen-bond acceptors (Lipinski definition) is 5. The molecule has 1 aliphatic heterocycles. The second-order valence-electron chi connectivity index (χ2n) is 5.95. The number of benzene rings is 1. The molecule has 0 spiro atoms. The Morgan fingerprint density at radius 3 is 1.62 bits per heavy atom. The summed E-state index contributed by atoms with van der Waals surface area (Å²) in [6.07, 6.45) is -0.353. The van der Waals surface area contributed by atoms with Gasteiger partial charge in [-0.05, 0) is 91.0 Å². The second-order valence-corrected chi connectivity index (χ2v) is 9.88. The molecule has 0 saturated carbocycles. The van der Waals surface area contributed by atoms with Gasteiger partial charge in [-0.3, -0.25) is 14.4 Å². The van der Waals surface area contributed by atoms with Crippen molar-refractivity contribution >= 4 is 107 Å². The first kappa shape index (κ1) is 23.2. The van der Waals surface area contributed by atoms with E-state index < -0.39 is 16.4 Å². The molecule has 1 aromatic carbocycles. The molecule has 1 heterocycles. The summed E-state index contributed by atoms with van der Waals surface area (Å²) >= 11 is 17.0. The van der Waals surface area contributed by atoms with Crippen LogP contribution in [0.3, 0.4) is 0 Å². The van der Waals surface area contributed by atoms with Crippen LogP contribution in [-0.2, 0) is 9.47 Å². The molecule has 0 unspecified atom stereocenters. The molecule has 26 heavy (non-hydrogen) atoms. The van der Waals surface area contributed by atoms with Crippen molar-refractivity contribution in [3.05, 3.63) is 27.4 Å². The van der Waals surface area contributed by atoms with Gasteiger partial charge in [0.1, 0.15) is 0 Å². The Labute approximate surface area is 201 Å². The van der Waals surface area contributed by atoms with Gasteiger partial charge in [0, 0.05) is 22.2 Å². The van der Waals surface area contributed by atoms with Gasteiger partial charge in [-0.2, -0.15) is 0 Å². The van der Waals surface area contributed by atoms with Crippen molar-refractivity contribution in [2.75, 3.05) is 13.2 Å². The van der Waals surface area contributed by atoms with E-state index in [4.69, 9.17) is 32.7 Å². The quantitative estimate of drug-likeness (QED) is 0.240. The molecule has 0 atom stereocenters. The third-order valence-electron chi connectivity index (χ3n) is 3.79. The van der Waals surface area contributed by atoms with Crippen LogP contribution in [0.5, 0.6) is 0 Å². The minimum atomic E-state index is -0.751. The van der Waals surface area contributed by atoms with Crippen molar-refractivity contribution < 1.29 is 23.9 Å². The van der Waals surface area contributed by atoms with Gasteiger partial charge in [-0.1, -0.05) is 13.8 Å². The van der Waals surface area contributed by atoms with Gasteiger partial charge in [-0.15, -0.1) is 0 Å². The van der Waals surface area contributed by atoms with Crippen LogP contribution < -0.4 is 0 Å². The number of carbonyl (C=O) groups excluding carboxylic acids is 3. The van der Waals surface area contributed by atoms with E-state index in [2.05, 4.69) is 0 Å². The number of ketones is 1. The monoisotopic (exact) mass is 736 g/mol. The average Bonchev–Trinajstić information content (AvgIpc) is 2.53. The van der Waals surface area contributed by atoms with Crippen LogP contribution in [0.1, 0.15) is 44.9 Å². The predicted octanol–water partition coefficient (Wildman–Crippen LogP) is 5.09. The van der Waals surface area contributed by atoms with Crippen LogP contribution in [0.15, 0.2) is 0 Å². The Balaban J connectivity index is 2.50. The standard InChI is InChI=1S/C16H13Cl2I3O5/c1-5(2)16-25-3-6(4-26-16)13(22)7-10(19)8(14(17)23)12(21)9(11(7)20)15(18)24/h5-6,16H,3-4H2,1-2H3. The summed E-state index contributed by atoms with van der Waals surface area (Å²) in [7, 11) is 0. The van der Waals surface area contributed by atoms with Gasteiger partial charge in [0.05, 0.1) is 30.3 Å². The van der Waals surface area contributed by atoms with Crippen LogP contribution in [-0.4, -0.2) is 35.8 Å². The molecule has 10 heteroatoms. The van der Waals surface area contributed by atoms with Crippen LogP contribution >= 0.6 is 91.0 Å². The summed E-state index contributed by atoms with van der Waals surface area (Å²) in [5.41, 5.74) is 0.469. The highest BCUT2D eigenvalue weighted by Gasteiger charge is 2.35. The van der Waals surface area contributed by atoms with E-state index >= 15 is 0 Å². The highest BCUT2D eigenvalue weighted by molar-refractivity contribution is 14.1. The molecule has 0 aliphatic carbocycles. The van der Waals surface area contributed by atoms with Crippen LogP contribution in [0.2, 0.25) is 0 Å². The molecule has 0 N–H and O–H groups in total. The maximum atomic E-state index is 13.1. The number of ether oxygens (including phenoxy) is 2. The normalized spacial score (nSPS) is 20.3. The molecule has 1 saturated heterocycles. The largest absolute Gasteiger partial charge is 0.352 e. The predicted molar refractivity (Wildman–Crippen MR) is 123 cm³/mol. The lowest BCUT2D eigenvalue weighted by Gasteiger charge is -2.31. The Kier molecular flexibility index (Phi) is 8.58. The van der Waals surface area contributed by atoms with Crippen molar-refractivity contribution in [2.45, 2.75) is 20.1 Å². The number of Topliss-reactive ketones (excluding diaryl/α,β-unsaturated/α-hetero) is 1. The first-order chi connectivity index (χ1) is 12.1. The molecule has 2 rings (SSSR count). The molecule has 0 bridgehead atoms. The summed E-state index contributed by atoms with van der Waals surface area (Å²) in [5, 5.41) is -1.50. The highest BCUT2D eigenvalue weighted by atomic mass is 127. The third kappa shape index (κ3) is 4.73. The van der Waals surface area contributed by atoms with E-state index in [1.54, 1.807) is 0 Å². The maximum Gasteiger partial charge on any atom is 0.254 e. The molecule has 142 valence electrons. The fraction of sp³-hybridized carbons (Fsp3) is 0.438. The summed E-state index contributed by atoms with van der Waals surface area (Å²) in [6, 6.07) is 0. The first-order valence-corrected chi connectivity index (χ1v) is 11.4. The SMILES string of the molecule is CC(C)C1OCC(C(=O)c2c(I)c(C(=O)Cl)c(I)c(C(=O)Cl)c2I)CO1. The molecule has 0 radical (unpaired) electrons. The van der Waals surface area contributed by atoms with Crippen molar-refractivity contribution in [1.82, 2.24) is 0 Å². The Morgan fingerprint density at radius 2 is 1.27 bits per heavy atom. The van der Waals surface area contributed by atoms with Crippen LogP contribution in [0.4, 0.5) is 0 Å². The minimum Gasteiger partial charge on any atom is -0.352 e. The van der Waals surface area contributed by atoms with E-state index in [-0.39, 0.29) is 47.9 Å². The van der Waals surface area contributed by atoms with Gasteiger partial charge < -0.3 is 9.47 Å². The fourth-order valence-electron chi connectivity index (χ4n) is 2.48. The van der Waals surface area contributed by atoms with Gasteiger partial charge in [-0.25, -0.2) is 0 Å². The molecule has 5 nitrogen and oxygen atoms in total. The van der Waals surface area contributed by atoms with Crippen molar-refractivity contribution in [3.63, 3.8) is 0 Å². The zero-order chi connectivity index (χ0) is 19.8. The summed E-state index contributed by atoms with van der Waals surface area (Å²) < 4.78 is 12.4. The summed E-state index contributed by atoms with van der Waals surface area (Å²) in [5.74, 6) is -0.634. The van der Waals surface area contributed by atoms with Crippen molar-refractivity contribution in [2.24, 2.45) is 11.8 Å². The van der Waals surface area contributed by atoms with Gasteiger partial charge >= 0.3 is 0 Å². The van der Waals surface area contributed by atoms with Gasteiger partial charge in [0.25, 0.3) is 10.5 Å². The summed E-state index contributed by atoms with van der Waals surface area (Å²) in [6.45, 7) is 4.34. The molecule has 1 aliphatic rings. The van der Waals surface area contributed by atoms with Gasteiger partial charge in [0.15, 0.2) is 12.1 Å². The number of rotatable bonds is 5. The minimum absolute atomic E-state index is 0.110. The smallest absolute Gasteiger partial charge is 0.254 e. The molecule has 1 aromatic rings. The molecule has 1 fully saturated rings. The zero-order valence-corrected chi connectivity index (χ0v) is 21.6. The lowest BCUT2D eigenvalue weighted by Crippen LogP contribution is -2.39. The Bertz CT molecular complexity index is 733. The lowest BCUT2D eigenvalue weighted by atomic mass is 9.95. The molecule has 0 aromatic heterocycles. The third-order valence-corrected chi connectivity index (χ3v) is 7.41. The molecule has 0 amide bonds. The second kappa shape index (κ2) is 9.61. The van der Waals surface area contributed by atoms with Gasteiger partial charge in [0.2, 0.25) is 0 Å². The Hall–Kier alpha value is 0.920. The maximum absolute atomic E-state index is 13.1. The number of halogens is 5. The topological polar surface area (TPSA) is 69.7 Å². The molecular weight excluding hydrogens is 724 g/mol. The number of carbonyl (C=O) groups is 3. The van der Waals surface area contributed by atoms with E-state index in [1.807, 2.05) is 81.6 Å². The number of hydrogen-bond donors (Lipinski definition) is 0. The molecular formula is C16H13Cl2I3O5. The zero-order valence-electron chi connectivity index (χ0n) is 13.6. The lowest BCUT2D eigenvalue weighted by molar-refractivity contribution is -0.211. The van der Waals surface area contributed by atoms with E-state index in [0.29, 0.717) is 10.7 Å². The van der Waals surface area contributed by atoms with E-state index in [9.17, 15) is 14.4 Å². The first-order valence-electron chi connectivity index (χ1n) is 7.45. The van der Waals surface area contributed by atoms with E-state index in [1.165, 1.54) is 0 Å². The fourth-order valence-corrected chi connectivity index (χ4v) is 8.18. The highest BCUT2D eigenvalue weighted by Crippen LogP contribution is 2.35. The Morgan fingerprint density at radius 1 is 0.885 bits per heavy atom. The summed E-state index contributed by atoms with van der Waals surface area (Å²) in [4.78, 5) is 36.9. The van der Waals surface area contributed by atoms with E-state index in [0.717, 1.165) is 0 Å². The van der Waals surface area contributed by atoms with Crippen molar-refractivity contribution in [1.29, 1.82) is 0 Å². The van der Waals surface area contributed by atoms with Crippen molar-refractivity contribution in [3.8, 4) is 0 Å². The van der Waals surface area contributed by atoms with Crippen LogP contribution in [0.25, 0.3) is 0 Å².